The molecule has 3 heteroatoms. The zero-order valence-corrected chi connectivity index (χ0v) is 12.3. The topological polar surface area (TPSA) is 41.6 Å². The lowest BCUT2D eigenvalue weighted by Crippen LogP contribution is -2.56. The zero-order chi connectivity index (χ0) is 13.2. The van der Waals surface area contributed by atoms with E-state index in [1.54, 1.807) is 0 Å². The molecule has 0 bridgehead atoms. The van der Waals surface area contributed by atoms with Gasteiger partial charge in [0.2, 0.25) is 0 Å². The van der Waals surface area contributed by atoms with Gasteiger partial charge in [-0.3, -0.25) is 4.99 Å². The van der Waals surface area contributed by atoms with Crippen molar-refractivity contribution in [2.45, 2.75) is 77.3 Å². The van der Waals surface area contributed by atoms with Gasteiger partial charge in [-0.15, -0.1) is 0 Å². The van der Waals surface area contributed by atoms with Crippen LogP contribution < -0.4 is 5.73 Å². The van der Waals surface area contributed by atoms with Crippen molar-refractivity contribution in [1.29, 1.82) is 0 Å². The van der Waals surface area contributed by atoms with E-state index in [9.17, 15) is 0 Å². The summed E-state index contributed by atoms with van der Waals surface area (Å²) in [4.78, 5) is 6.99. The molecule has 1 aliphatic carbocycles. The predicted octanol–water partition coefficient (Wildman–Crippen LogP) is 3.14. The molecule has 1 atom stereocenters. The third-order valence-electron chi connectivity index (χ3n) is 5.06. The second-order valence-electron chi connectivity index (χ2n) is 6.26. The van der Waals surface area contributed by atoms with E-state index in [1.165, 1.54) is 38.5 Å². The molecule has 1 aliphatic heterocycles. The molecule has 18 heavy (non-hydrogen) atoms. The molecule has 0 saturated heterocycles. The second kappa shape index (κ2) is 5.50. The largest absolute Gasteiger partial charge is 0.370 e. The fourth-order valence-corrected chi connectivity index (χ4v) is 3.81. The Kier molecular flexibility index (Phi) is 4.18. The monoisotopic (exact) mass is 251 g/mol. The molecule has 0 radical (unpaired) electrons. The lowest BCUT2D eigenvalue weighted by atomic mass is 9.74. The van der Waals surface area contributed by atoms with Gasteiger partial charge in [0.25, 0.3) is 0 Å². The fraction of sp³-hybridized carbons (Fsp3) is 0.933. The molecule has 0 amide bonds. The molecule has 104 valence electrons. The van der Waals surface area contributed by atoms with Gasteiger partial charge in [0, 0.05) is 6.04 Å². The first kappa shape index (κ1) is 13.7. The van der Waals surface area contributed by atoms with Crippen molar-refractivity contribution in [3.05, 3.63) is 0 Å². The highest BCUT2D eigenvalue weighted by Gasteiger charge is 2.45. The third kappa shape index (κ3) is 2.36. The summed E-state index contributed by atoms with van der Waals surface area (Å²) in [5, 5.41) is 0. The molecule has 1 spiro atoms. The fourth-order valence-electron chi connectivity index (χ4n) is 3.81. The van der Waals surface area contributed by atoms with E-state index < -0.39 is 0 Å². The predicted molar refractivity (Wildman–Crippen MR) is 77.7 cm³/mol. The van der Waals surface area contributed by atoms with Crippen LogP contribution in [0.15, 0.2) is 4.99 Å². The van der Waals surface area contributed by atoms with Gasteiger partial charge >= 0.3 is 0 Å². The first-order valence-corrected chi connectivity index (χ1v) is 7.72. The van der Waals surface area contributed by atoms with Gasteiger partial charge in [-0.05, 0) is 44.9 Å². The van der Waals surface area contributed by atoms with Crippen LogP contribution in [-0.2, 0) is 0 Å². The minimum Gasteiger partial charge on any atom is -0.370 e. The van der Waals surface area contributed by atoms with Crippen LogP contribution in [0.4, 0.5) is 0 Å². The minimum absolute atomic E-state index is 0.268. The van der Waals surface area contributed by atoms with Crippen molar-refractivity contribution < 1.29 is 0 Å². The van der Waals surface area contributed by atoms with Crippen molar-refractivity contribution in [2.24, 2.45) is 16.6 Å². The summed E-state index contributed by atoms with van der Waals surface area (Å²) in [5.74, 6) is 1.74. The van der Waals surface area contributed by atoms with Crippen molar-refractivity contribution in [2.75, 3.05) is 6.54 Å². The Labute approximate surface area is 112 Å². The van der Waals surface area contributed by atoms with Crippen LogP contribution in [0.25, 0.3) is 0 Å². The molecule has 3 nitrogen and oxygen atoms in total. The summed E-state index contributed by atoms with van der Waals surface area (Å²) in [7, 11) is 0. The minimum atomic E-state index is 0.268. The average molecular weight is 251 g/mol. The molecule has 0 aromatic carbocycles. The average Bonchev–Trinajstić information content (AvgIpc) is 2.69. The van der Waals surface area contributed by atoms with Gasteiger partial charge in [-0.2, -0.15) is 0 Å². The SMILES string of the molecule is CCCC1CCC2(CC1)CN=C(N)N2C(C)CC. The maximum atomic E-state index is 6.13. The van der Waals surface area contributed by atoms with E-state index in [0.717, 1.165) is 24.8 Å². The molecule has 0 aromatic rings. The summed E-state index contributed by atoms with van der Waals surface area (Å²) >= 11 is 0. The molecule has 1 unspecified atom stereocenters. The van der Waals surface area contributed by atoms with E-state index in [-0.39, 0.29) is 5.54 Å². The summed E-state index contributed by atoms with van der Waals surface area (Å²) in [6.45, 7) is 7.76. The van der Waals surface area contributed by atoms with Crippen LogP contribution in [0, 0.1) is 5.92 Å². The number of nitrogens with two attached hydrogens (primary N) is 1. The van der Waals surface area contributed by atoms with Crippen LogP contribution in [0.3, 0.4) is 0 Å². The van der Waals surface area contributed by atoms with Crippen LogP contribution in [0.1, 0.15) is 65.7 Å². The summed E-state index contributed by atoms with van der Waals surface area (Å²) < 4.78 is 0. The maximum Gasteiger partial charge on any atom is 0.192 e. The Bertz CT molecular complexity index is 303. The van der Waals surface area contributed by atoms with Gasteiger partial charge in [0.15, 0.2) is 5.96 Å². The van der Waals surface area contributed by atoms with E-state index in [2.05, 4.69) is 30.7 Å². The van der Waals surface area contributed by atoms with Crippen molar-refractivity contribution in [3.8, 4) is 0 Å². The number of guanidine groups is 1. The molecular weight excluding hydrogens is 222 g/mol. The highest BCUT2D eigenvalue weighted by molar-refractivity contribution is 5.81. The lowest BCUT2D eigenvalue weighted by Gasteiger charge is -2.46. The molecule has 2 rings (SSSR count). The number of rotatable bonds is 4. The molecule has 0 aromatic heterocycles. The standard InChI is InChI=1S/C15H29N3/c1-4-6-13-7-9-15(10-8-13)11-17-14(16)18(15)12(3)5-2/h12-13H,4-11H2,1-3H3,(H2,16,17). The maximum absolute atomic E-state index is 6.13. The Morgan fingerprint density at radius 3 is 2.61 bits per heavy atom. The zero-order valence-electron chi connectivity index (χ0n) is 12.3. The Hall–Kier alpha value is -0.730. The summed E-state index contributed by atoms with van der Waals surface area (Å²) in [5.41, 5.74) is 6.40. The highest BCUT2D eigenvalue weighted by Crippen LogP contribution is 2.41. The molecule has 2 aliphatic rings. The number of nitrogens with zero attached hydrogens (tertiary/aromatic N) is 2. The van der Waals surface area contributed by atoms with Gasteiger partial charge in [0.05, 0.1) is 12.1 Å². The molecule has 1 heterocycles. The first-order chi connectivity index (χ1) is 8.63. The highest BCUT2D eigenvalue weighted by atomic mass is 15.4. The van der Waals surface area contributed by atoms with Crippen LogP contribution in [0.5, 0.6) is 0 Å². The van der Waals surface area contributed by atoms with Crippen LogP contribution in [-0.4, -0.2) is 29.0 Å². The molecule has 2 N–H and O–H groups in total. The van der Waals surface area contributed by atoms with Crippen molar-refractivity contribution in [1.82, 2.24) is 4.90 Å². The van der Waals surface area contributed by atoms with Gasteiger partial charge < -0.3 is 10.6 Å². The van der Waals surface area contributed by atoms with E-state index in [4.69, 9.17) is 5.73 Å². The Morgan fingerprint density at radius 1 is 1.39 bits per heavy atom. The Balaban J connectivity index is 2.04. The smallest absolute Gasteiger partial charge is 0.192 e. The summed E-state index contributed by atoms with van der Waals surface area (Å²) in [6, 6.07) is 0.527. The van der Waals surface area contributed by atoms with E-state index >= 15 is 0 Å². The first-order valence-electron chi connectivity index (χ1n) is 7.72. The Morgan fingerprint density at radius 2 is 2.06 bits per heavy atom. The van der Waals surface area contributed by atoms with Crippen LogP contribution >= 0.6 is 0 Å². The quantitative estimate of drug-likeness (QED) is 0.834. The van der Waals surface area contributed by atoms with Gasteiger partial charge in [0.1, 0.15) is 0 Å². The third-order valence-corrected chi connectivity index (χ3v) is 5.06. The van der Waals surface area contributed by atoms with E-state index in [1.807, 2.05) is 0 Å². The molecular formula is C15H29N3. The van der Waals surface area contributed by atoms with Crippen molar-refractivity contribution >= 4 is 5.96 Å². The normalized spacial score (nSPS) is 33.8. The number of aliphatic imine (C=N–C) groups is 1. The van der Waals surface area contributed by atoms with Gasteiger partial charge in [-0.1, -0.05) is 26.7 Å². The van der Waals surface area contributed by atoms with Crippen molar-refractivity contribution in [3.63, 3.8) is 0 Å². The molecule has 1 fully saturated rings. The lowest BCUT2D eigenvalue weighted by molar-refractivity contribution is 0.0853. The number of hydrogen-bond acceptors (Lipinski definition) is 3. The number of hydrogen-bond donors (Lipinski definition) is 1. The van der Waals surface area contributed by atoms with Crippen LogP contribution in [0.2, 0.25) is 0 Å². The van der Waals surface area contributed by atoms with E-state index in [0.29, 0.717) is 6.04 Å². The molecule has 1 saturated carbocycles. The summed E-state index contributed by atoms with van der Waals surface area (Å²) in [6.07, 6.45) is 9.17. The second-order valence-corrected chi connectivity index (χ2v) is 6.26. The van der Waals surface area contributed by atoms with Gasteiger partial charge in [-0.25, -0.2) is 0 Å².